The minimum atomic E-state index is -0.434. The number of hydrogen-bond acceptors (Lipinski definition) is 1. The van der Waals surface area contributed by atoms with Crippen LogP contribution in [0, 0.1) is 5.41 Å². The maximum Gasteiger partial charge on any atom is 0.226 e. The van der Waals surface area contributed by atoms with Gasteiger partial charge >= 0.3 is 0 Å². The molecule has 0 spiro atoms. The fraction of sp³-hybridized carbons (Fsp3) is 0.875. The van der Waals surface area contributed by atoms with Gasteiger partial charge in [0, 0.05) is 12.4 Å². The second-order valence-electron chi connectivity index (χ2n) is 3.27. The van der Waals surface area contributed by atoms with Crippen molar-refractivity contribution >= 4 is 17.5 Å². The highest BCUT2D eigenvalue weighted by Crippen LogP contribution is 2.16. The normalized spacial score (nSPS) is 11.3. The first-order valence-electron chi connectivity index (χ1n) is 3.89. The van der Waals surface area contributed by atoms with Gasteiger partial charge in [0.05, 0.1) is 5.41 Å². The van der Waals surface area contributed by atoms with Crippen LogP contribution in [0.5, 0.6) is 0 Å². The monoisotopic (exact) mass is 177 g/mol. The molecule has 0 aliphatic heterocycles. The Morgan fingerprint density at radius 3 is 2.45 bits per heavy atom. The third-order valence-corrected chi connectivity index (χ3v) is 2.15. The third-order valence-electron chi connectivity index (χ3n) is 1.48. The van der Waals surface area contributed by atoms with E-state index >= 15 is 0 Å². The summed E-state index contributed by atoms with van der Waals surface area (Å²) in [6, 6.07) is 0. The maximum absolute atomic E-state index is 11.3. The highest BCUT2D eigenvalue weighted by Gasteiger charge is 2.25. The van der Waals surface area contributed by atoms with Crippen LogP contribution < -0.4 is 5.32 Å². The quantitative estimate of drug-likeness (QED) is 0.652. The Hall–Kier alpha value is -0.240. The van der Waals surface area contributed by atoms with Gasteiger partial charge in [0.1, 0.15) is 0 Å². The predicted molar refractivity (Wildman–Crippen MR) is 47.8 cm³/mol. The Morgan fingerprint density at radius 2 is 2.09 bits per heavy atom. The molecule has 66 valence electrons. The van der Waals surface area contributed by atoms with E-state index in [-0.39, 0.29) is 5.91 Å². The van der Waals surface area contributed by atoms with Gasteiger partial charge in [-0.3, -0.25) is 4.79 Å². The Morgan fingerprint density at radius 1 is 1.55 bits per heavy atom. The Bertz CT molecular complexity index is 134. The molecule has 1 N–H and O–H groups in total. The first-order chi connectivity index (χ1) is 5.04. The molecule has 0 heterocycles. The van der Waals surface area contributed by atoms with E-state index in [1.165, 1.54) is 0 Å². The van der Waals surface area contributed by atoms with Gasteiger partial charge < -0.3 is 5.32 Å². The average molecular weight is 178 g/mol. The zero-order valence-electron chi connectivity index (χ0n) is 7.41. The summed E-state index contributed by atoms with van der Waals surface area (Å²) in [5.74, 6) is 0.400. The van der Waals surface area contributed by atoms with Gasteiger partial charge in [-0.1, -0.05) is 6.92 Å². The Labute approximate surface area is 73.3 Å². The van der Waals surface area contributed by atoms with Crippen molar-refractivity contribution in [3.63, 3.8) is 0 Å². The molecule has 0 aromatic rings. The minimum Gasteiger partial charge on any atom is -0.356 e. The lowest BCUT2D eigenvalue weighted by Gasteiger charge is -2.19. The first kappa shape index (κ1) is 10.8. The number of hydrogen-bond donors (Lipinski definition) is 1. The molecule has 0 rings (SSSR count). The van der Waals surface area contributed by atoms with Gasteiger partial charge in [-0.15, -0.1) is 11.6 Å². The van der Waals surface area contributed by atoms with Crippen molar-refractivity contribution < 1.29 is 4.79 Å². The van der Waals surface area contributed by atoms with Crippen LogP contribution in [0.1, 0.15) is 27.2 Å². The number of nitrogens with one attached hydrogen (secondary N) is 1. The summed E-state index contributed by atoms with van der Waals surface area (Å²) in [5, 5.41) is 2.80. The van der Waals surface area contributed by atoms with Crippen LogP contribution in [0.3, 0.4) is 0 Å². The lowest BCUT2D eigenvalue weighted by atomic mass is 9.95. The summed E-state index contributed by atoms with van der Waals surface area (Å²) in [7, 11) is 0. The zero-order chi connectivity index (χ0) is 8.91. The van der Waals surface area contributed by atoms with Gasteiger partial charge in [-0.25, -0.2) is 0 Å². The van der Waals surface area contributed by atoms with E-state index in [4.69, 9.17) is 11.6 Å². The molecule has 0 bridgehead atoms. The second kappa shape index (κ2) is 4.60. The molecule has 0 aliphatic carbocycles. The smallest absolute Gasteiger partial charge is 0.226 e. The van der Waals surface area contributed by atoms with E-state index in [9.17, 15) is 4.79 Å². The van der Waals surface area contributed by atoms with Crippen LogP contribution in [0.4, 0.5) is 0 Å². The molecule has 0 aromatic carbocycles. The standard InChI is InChI=1S/C8H16ClNO/c1-4-5-10-7(11)8(2,3)6-9/h4-6H2,1-3H3,(H,10,11). The molecule has 0 unspecified atom stereocenters. The highest BCUT2D eigenvalue weighted by molar-refractivity contribution is 6.19. The zero-order valence-corrected chi connectivity index (χ0v) is 8.16. The largest absolute Gasteiger partial charge is 0.356 e. The Balaban J connectivity index is 3.82. The number of amides is 1. The van der Waals surface area contributed by atoms with Crippen molar-refractivity contribution in [2.45, 2.75) is 27.2 Å². The molecule has 0 atom stereocenters. The predicted octanol–water partition coefficient (Wildman–Crippen LogP) is 1.78. The molecular formula is C8H16ClNO. The van der Waals surface area contributed by atoms with Gasteiger partial charge in [0.2, 0.25) is 5.91 Å². The summed E-state index contributed by atoms with van der Waals surface area (Å²) in [5.41, 5.74) is -0.434. The topological polar surface area (TPSA) is 29.1 Å². The number of halogens is 1. The lowest BCUT2D eigenvalue weighted by Crippen LogP contribution is -2.38. The van der Waals surface area contributed by atoms with Crippen molar-refractivity contribution in [2.75, 3.05) is 12.4 Å². The van der Waals surface area contributed by atoms with Crippen LogP contribution in [0.2, 0.25) is 0 Å². The first-order valence-corrected chi connectivity index (χ1v) is 4.42. The van der Waals surface area contributed by atoms with Gasteiger partial charge in [-0.05, 0) is 20.3 Å². The van der Waals surface area contributed by atoms with E-state index in [1.807, 2.05) is 20.8 Å². The van der Waals surface area contributed by atoms with E-state index in [0.717, 1.165) is 13.0 Å². The van der Waals surface area contributed by atoms with Crippen molar-refractivity contribution in [3.05, 3.63) is 0 Å². The van der Waals surface area contributed by atoms with E-state index in [1.54, 1.807) is 0 Å². The van der Waals surface area contributed by atoms with Gasteiger partial charge in [0.15, 0.2) is 0 Å². The van der Waals surface area contributed by atoms with Crippen molar-refractivity contribution in [3.8, 4) is 0 Å². The number of carbonyl (C=O) groups excluding carboxylic acids is 1. The Kier molecular flexibility index (Phi) is 4.50. The lowest BCUT2D eigenvalue weighted by molar-refractivity contribution is -0.128. The van der Waals surface area contributed by atoms with E-state index in [0.29, 0.717) is 5.88 Å². The van der Waals surface area contributed by atoms with E-state index < -0.39 is 5.41 Å². The molecule has 0 saturated heterocycles. The SMILES string of the molecule is CCCNC(=O)C(C)(C)CCl. The molecule has 1 amide bonds. The van der Waals surface area contributed by atoms with Crippen LogP contribution >= 0.6 is 11.6 Å². The van der Waals surface area contributed by atoms with Crippen LogP contribution in [-0.2, 0) is 4.79 Å². The summed E-state index contributed by atoms with van der Waals surface area (Å²) >= 11 is 5.61. The summed E-state index contributed by atoms with van der Waals surface area (Å²) in [6.07, 6.45) is 0.962. The summed E-state index contributed by atoms with van der Waals surface area (Å²) < 4.78 is 0. The van der Waals surface area contributed by atoms with Crippen molar-refractivity contribution in [2.24, 2.45) is 5.41 Å². The van der Waals surface area contributed by atoms with Gasteiger partial charge in [-0.2, -0.15) is 0 Å². The van der Waals surface area contributed by atoms with Crippen molar-refractivity contribution in [1.29, 1.82) is 0 Å². The molecule has 11 heavy (non-hydrogen) atoms. The number of alkyl halides is 1. The maximum atomic E-state index is 11.3. The summed E-state index contributed by atoms with van der Waals surface area (Å²) in [4.78, 5) is 11.3. The number of carbonyl (C=O) groups is 1. The summed E-state index contributed by atoms with van der Waals surface area (Å²) in [6.45, 7) is 6.43. The molecule has 0 saturated carbocycles. The molecule has 2 nitrogen and oxygen atoms in total. The third kappa shape index (κ3) is 3.61. The van der Waals surface area contributed by atoms with Gasteiger partial charge in [0.25, 0.3) is 0 Å². The van der Waals surface area contributed by atoms with Crippen molar-refractivity contribution in [1.82, 2.24) is 5.32 Å². The van der Waals surface area contributed by atoms with Crippen LogP contribution in [0.15, 0.2) is 0 Å². The molecule has 0 fully saturated rings. The highest BCUT2D eigenvalue weighted by atomic mass is 35.5. The van der Waals surface area contributed by atoms with Crippen LogP contribution in [-0.4, -0.2) is 18.3 Å². The minimum absolute atomic E-state index is 0.0364. The average Bonchev–Trinajstić information content (AvgIpc) is 2.00. The van der Waals surface area contributed by atoms with E-state index in [2.05, 4.69) is 5.32 Å². The fourth-order valence-corrected chi connectivity index (χ4v) is 0.660. The molecule has 0 radical (unpaired) electrons. The fourth-order valence-electron chi connectivity index (χ4n) is 0.538. The molecule has 3 heteroatoms. The van der Waals surface area contributed by atoms with Crippen LogP contribution in [0.25, 0.3) is 0 Å². The second-order valence-corrected chi connectivity index (χ2v) is 3.54. The molecule has 0 aromatic heterocycles. The molecular weight excluding hydrogens is 162 g/mol. The number of rotatable bonds is 4. The molecule has 0 aliphatic rings.